The van der Waals surface area contributed by atoms with Gasteiger partial charge in [0.1, 0.15) is 11.4 Å². The molecule has 0 atom stereocenters. The summed E-state index contributed by atoms with van der Waals surface area (Å²) in [6.45, 7) is 5.01. The van der Waals surface area contributed by atoms with Crippen LogP contribution in [0.2, 0.25) is 0 Å². The highest BCUT2D eigenvalue weighted by molar-refractivity contribution is 5.77. The van der Waals surface area contributed by atoms with Gasteiger partial charge in [-0.05, 0) is 43.7 Å². The topological polar surface area (TPSA) is 73.2 Å². The van der Waals surface area contributed by atoms with E-state index in [4.69, 9.17) is 4.74 Å². The largest absolute Gasteiger partial charge is 0.494 e. The lowest BCUT2D eigenvalue weighted by atomic mass is 10.2. The van der Waals surface area contributed by atoms with Crippen molar-refractivity contribution in [3.63, 3.8) is 0 Å². The Labute approximate surface area is 157 Å². The quantitative estimate of drug-likeness (QED) is 0.699. The van der Waals surface area contributed by atoms with E-state index in [1.807, 2.05) is 55.5 Å². The van der Waals surface area contributed by atoms with E-state index < -0.39 is 0 Å². The van der Waals surface area contributed by atoms with Crippen molar-refractivity contribution in [2.45, 2.75) is 33.4 Å². The number of para-hydroxylation sites is 2. The van der Waals surface area contributed by atoms with Crippen LogP contribution in [0.4, 0.5) is 0 Å². The van der Waals surface area contributed by atoms with E-state index in [0.29, 0.717) is 25.4 Å². The Balaban J connectivity index is 1.62. The zero-order valence-corrected chi connectivity index (χ0v) is 15.6. The average Bonchev–Trinajstić information content (AvgIpc) is 2.68. The van der Waals surface area contributed by atoms with Gasteiger partial charge < -0.3 is 14.6 Å². The van der Waals surface area contributed by atoms with Crippen LogP contribution >= 0.6 is 0 Å². The Morgan fingerprint density at radius 1 is 1.15 bits per heavy atom. The van der Waals surface area contributed by atoms with Crippen LogP contribution in [-0.4, -0.2) is 22.1 Å². The molecule has 0 bridgehead atoms. The molecule has 0 radical (unpaired) electrons. The van der Waals surface area contributed by atoms with Crippen LogP contribution in [0.1, 0.15) is 24.6 Å². The molecule has 0 aliphatic heterocycles. The second kappa shape index (κ2) is 8.49. The third-order valence-electron chi connectivity index (χ3n) is 4.30. The zero-order valence-electron chi connectivity index (χ0n) is 15.6. The van der Waals surface area contributed by atoms with E-state index in [1.54, 1.807) is 11.5 Å². The van der Waals surface area contributed by atoms with Crippen molar-refractivity contribution in [1.29, 1.82) is 0 Å². The molecule has 1 heterocycles. The molecular weight excluding hydrogens is 342 g/mol. The number of amides is 1. The number of fused-ring (bicyclic) bond motifs is 1. The number of aryl methyl sites for hydroxylation is 2. The van der Waals surface area contributed by atoms with Gasteiger partial charge in [0.15, 0.2) is 0 Å². The van der Waals surface area contributed by atoms with Gasteiger partial charge in [-0.15, -0.1) is 0 Å². The van der Waals surface area contributed by atoms with Gasteiger partial charge >= 0.3 is 0 Å². The molecule has 140 valence electrons. The molecule has 6 nitrogen and oxygen atoms in total. The molecule has 3 rings (SSSR count). The molecule has 0 aliphatic carbocycles. The molecule has 1 N–H and O–H groups in total. The van der Waals surface area contributed by atoms with E-state index in [1.165, 1.54) is 0 Å². The lowest BCUT2D eigenvalue weighted by molar-refractivity contribution is -0.121. The average molecular weight is 365 g/mol. The molecule has 0 spiro atoms. The molecular formula is C21H23N3O3. The van der Waals surface area contributed by atoms with Gasteiger partial charge in [-0.25, -0.2) is 4.98 Å². The number of hydrogen-bond acceptors (Lipinski definition) is 4. The molecule has 0 saturated carbocycles. The minimum Gasteiger partial charge on any atom is -0.494 e. The first-order valence-corrected chi connectivity index (χ1v) is 9.03. The highest BCUT2D eigenvalue weighted by Gasteiger charge is 2.09. The molecule has 1 aromatic heterocycles. The van der Waals surface area contributed by atoms with Crippen LogP contribution in [0.3, 0.4) is 0 Å². The number of hydrogen-bond donors (Lipinski definition) is 1. The van der Waals surface area contributed by atoms with E-state index in [9.17, 15) is 9.59 Å². The fourth-order valence-electron chi connectivity index (χ4n) is 2.91. The second-order valence-corrected chi connectivity index (χ2v) is 6.25. The summed E-state index contributed by atoms with van der Waals surface area (Å²) in [4.78, 5) is 29.0. The normalized spacial score (nSPS) is 10.7. The maximum atomic E-state index is 12.4. The third-order valence-corrected chi connectivity index (χ3v) is 4.30. The molecule has 27 heavy (non-hydrogen) atoms. The van der Waals surface area contributed by atoms with Gasteiger partial charge in [-0.1, -0.05) is 24.3 Å². The summed E-state index contributed by atoms with van der Waals surface area (Å²) >= 11 is 0. The standard InChI is InChI=1S/C21H23N3O3/c1-3-27-17-10-8-16(9-11-17)14-22-20(25)12-13-24-19-7-5-4-6-18(19)23-15(2)21(24)26/h4-11H,3,12-14H2,1-2H3,(H,22,25). The van der Waals surface area contributed by atoms with Crippen molar-refractivity contribution in [3.8, 4) is 5.75 Å². The maximum Gasteiger partial charge on any atom is 0.272 e. The number of carbonyl (C=O) groups excluding carboxylic acids is 1. The van der Waals surface area contributed by atoms with Gasteiger partial charge in [0.25, 0.3) is 5.56 Å². The van der Waals surface area contributed by atoms with Crippen molar-refractivity contribution >= 4 is 16.9 Å². The van der Waals surface area contributed by atoms with Gasteiger partial charge in [-0.2, -0.15) is 0 Å². The monoisotopic (exact) mass is 365 g/mol. The Morgan fingerprint density at radius 3 is 2.63 bits per heavy atom. The van der Waals surface area contributed by atoms with Gasteiger partial charge in [0.05, 0.1) is 17.6 Å². The first-order valence-electron chi connectivity index (χ1n) is 9.03. The first-order chi connectivity index (χ1) is 13.1. The number of benzene rings is 2. The molecule has 0 saturated heterocycles. The molecule has 6 heteroatoms. The number of nitrogens with zero attached hydrogens (tertiary/aromatic N) is 2. The van der Waals surface area contributed by atoms with Crippen molar-refractivity contribution < 1.29 is 9.53 Å². The fourth-order valence-corrected chi connectivity index (χ4v) is 2.91. The Hall–Kier alpha value is -3.15. The van der Waals surface area contributed by atoms with Crippen molar-refractivity contribution in [3.05, 3.63) is 70.1 Å². The molecule has 0 fully saturated rings. The summed E-state index contributed by atoms with van der Waals surface area (Å²) in [6, 6.07) is 15.1. The van der Waals surface area contributed by atoms with E-state index in [2.05, 4.69) is 10.3 Å². The number of aromatic nitrogens is 2. The fraction of sp³-hybridized carbons (Fsp3) is 0.286. The number of nitrogens with one attached hydrogen (secondary N) is 1. The smallest absolute Gasteiger partial charge is 0.272 e. The number of ether oxygens (including phenoxy) is 1. The van der Waals surface area contributed by atoms with Crippen LogP contribution in [0.5, 0.6) is 5.75 Å². The lowest BCUT2D eigenvalue weighted by Crippen LogP contribution is -2.28. The Morgan fingerprint density at radius 2 is 1.89 bits per heavy atom. The summed E-state index contributed by atoms with van der Waals surface area (Å²) < 4.78 is 7.02. The van der Waals surface area contributed by atoms with Crippen LogP contribution in [0, 0.1) is 6.92 Å². The summed E-state index contributed by atoms with van der Waals surface area (Å²) in [5.74, 6) is 0.709. The number of carbonyl (C=O) groups is 1. The highest BCUT2D eigenvalue weighted by atomic mass is 16.5. The van der Waals surface area contributed by atoms with Crippen LogP contribution in [0.25, 0.3) is 11.0 Å². The highest BCUT2D eigenvalue weighted by Crippen LogP contribution is 2.12. The van der Waals surface area contributed by atoms with E-state index in [0.717, 1.165) is 22.3 Å². The van der Waals surface area contributed by atoms with Gasteiger partial charge in [0, 0.05) is 19.5 Å². The van der Waals surface area contributed by atoms with Gasteiger partial charge in [0.2, 0.25) is 5.91 Å². The molecule has 0 aliphatic rings. The van der Waals surface area contributed by atoms with Crippen LogP contribution in [0.15, 0.2) is 53.3 Å². The van der Waals surface area contributed by atoms with E-state index >= 15 is 0 Å². The second-order valence-electron chi connectivity index (χ2n) is 6.25. The van der Waals surface area contributed by atoms with Crippen molar-refractivity contribution in [2.75, 3.05) is 6.61 Å². The maximum absolute atomic E-state index is 12.4. The summed E-state index contributed by atoms with van der Waals surface area (Å²) in [6.07, 6.45) is 0.227. The zero-order chi connectivity index (χ0) is 19.2. The minimum atomic E-state index is -0.159. The Kier molecular flexibility index (Phi) is 5.86. The van der Waals surface area contributed by atoms with Gasteiger partial charge in [-0.3, -0.25) is 9.59 Å². The molecule has 1 amide bonds. The summed E-state index contributed by atoms with van der Waals surface area (Å²) in [5.41, 5.74) is 2.77. The predicted octanol–water partition coefficient (Wildman–Crippen LogP) is 2.81. The molecule has 2 aromatic carbocycles. The number of rotatable bonds is 7. The SMILES string of the molecule is CCOc1ccc(CNC(=O)CCn2c(=O)c(C)nc3ccccc32)cc1. The van der Waals surface area contributed by atoms with Crippen LogP contribution < -0.4 is 15.6 Å². The predicted molar refractivity (Wildman–Crippen MR) is 105 cm³/mol. The van der Waals surface area contributed by atoms with Crippen molar-refractivity contribution in [1.82, 2.24) is 14.9 Å². The minimum absolute atomic E-state index is 0.102. The van der Waals surface area contributed by atoms with Crippen molar-refractivity contribution in [2.24, 2.45) is 0 Å². The summed E-state index contributed by atoms with van der Waals surface area (Å²) in [7, 11) is 0. The lowest BCUT2D eigenvalue weighted by Gasteiger charge is -2.11. The van der Waals surface area contributed by atoms with Crippen LogP contribution in [-0.2, 0) is 17.9 Å². The third kappa shape index (κ3) is 4.53. The first kappa shape index (κ1) is 18.6. The summed E-state index contributed by atoms with van der Waals surface area (Å²) in [5, 5.41) is 2.89. The van der Waals surface area contributed by atoms with E-state index in [-0.39, 0.29) is 17.9 Å². The molecule has 0 unspecified atom stereocenters. The Bertz CT molecular complexity index is 994. The molecule has 3 aromatic rings.